The highest BCUT2D eigenvalue weighted by molar-refractivity contribution is 5.91. The lowest BCUT2D eigenvalue weighted by Gasteiger charge is -2.30. The molecule has 0 saturated carbocycles. The van der Waals surface area contributed by atoms with Gasteiger partial charge in [0.1, 0.15) is 5.82 Å². The maximum atomic E-state index is 12.3. The largest absolute Gasteiger partial charge is 0.473 e. The maximum Gasteiger partial charge on any atom is 0.254 e. The molecule has 7 heteroatoms. The van der Waals surface area contributed by atoms with Crippen molar-refractivity contribution in [1.29, 1.82) is 0 Å². The van der Waals surface area contributed by atoms with Gasteiger partial charge in [-0.1, -0.05) is 20.8 Å². The van der Waals surface area contributed by atoms with E-state index in [4.69, 9.17) is 14.2 Å². The third kappa shape index (κ3) is 5.71. The summed E-state index contributed by atoms with van der Waals surface area (Å²) in [6.07, 6.45) is 2.42. The van der Waals surface area contributed by atoms with Gasteiger partial charge in [0.05, 0.1) is 24.0 Å². The molecule has 2 aromatic heterocycles. The van der Waals surface area contributed by atoms with E-state index in [2.05, 4.69) is 42.2 Å². The number of aryl methyl sites for hydroxylation is 2. The van der Waals surface area contributed by atoms with Crippen molar-refractivity contribution in [2.24, 2.45) is 5.41 Å². The summed E-state index contributed by atoms with van der Waals surface area (Å²) in [4.78, 5) is 19.4. The summed E-state index contributed by atoms with van der Waals surface area (Å²) >= 11 is 0. The number of hydrogen-bond donors (Lipinski definition) is 1. The molecule has 29 heavy (non-hydrogen) atoms. The van der Waals surface area contributed by atoms with Gasteiger partial charge in [0.2, 0.25) is 5.91 Å². The number of pyridine rings is 1. The van der Waals surface area contributed by atoms with Crippen molar-refractivity contribution >= 4 is 17.4 Å². The van der Waals surface area contributed by atoms with Crippen LogP contribution in [0.5, 0.6) is 5.88 Å². The van der Waals surface area contributed by atoms with Gasteiger partial charge >= 0.3 is 0 Å². The summed E-state index contributed by atoms with van der Waals surface area (Å²) < 4.78 is 11.0. The quantitative estimate of drug-likeness (QED) is 0.769. The first kappa shape index (κ1) is 21.1. The number of ether oxygens (including phenoxy) is 1. The van der Waals surface area contributed by atoms with E-state index in [-0.39, 0.29) is 17.4 Å². The van der Waals surface area contributed by atoms with Crippen molar-refractivity contribution in [3.05, 3.63) is 29.2 Å². The topological polar surface area (TPSA) is 80.5 Å². The van der Waals surface area contributed by atoms with Crippen molar-refractivity contribution in [2.75, 3.05) is 16.8 Å². The van der Waals surface area contributed by atoms with Crippen LogP contribution in [0.2, 0.25) is 0 Å². The van der Waals surface area contributed by atoms with Crippen LogP contribution < -0.4 is 15.0 Å². The number of carbonyl (C=O) groups excluding carboxylic acids is 1. The van der Waals surface area contributed by atoms with E-state index in [1.54, 1.807) is 0 Å². The fourth-order valence-corrected chi connectivity index (χ4v) is 3.46. The molecule has 3 rings (SSSR count). The highest BCUT2D eigenvalue weighted by Crippen LogP contribution is 2.31. The van der Waals surface area contributed by atoms with E-state index < -0.39 is 0 Å². The van der Waals surface area contributed by atoms with Gasteiger partial charge in [0, 0.05) is 19.0 Å². The van der Waals surface area contributed by atoms with Crippen LogP contribution in [-0.4, -0.2) is 28.7 Å². The first-order chi connectivity index (χ1) is 13.6. The minimum absolute atomic E-state index is 0.0000532. The average Bonchev–Trinajstić information content (AvgIpc) is 3.00. The molecule has 0 aromatic carbocycles. The Morgan fingerprint density at radius 2 is 2.10 bits per heavy atom. The number of fused-ring (bicyclic) bond motifs is 1. The minimum atomic E-state index is -0.0573. The van der Waals surface area contributed by atoms with E-state index in [0.29, 0.717) is 24.7 Å². The minimum Gasteiger partial charge on any atom is -0.473 e. The number of rotatable bonds is 6. The second kappa shape index (κ2) is 8.43. The lowest BCUT2D eigenvalue weighted by Crippen LogP contribution is -2.30. The normalized spacial score (nSPS) is 14.1. The molecule has 0 radical (unpaired) electrons. The van der Waals surface area contributed by atoms with Crippen molar-refractivity contribution in [3.8, 4) is 5.88 Å². The fourth-order valence-electron chi connectivity index (χ4n) is 3.46. The van der Waals surface area contributed by atoms with E-state index >= 15 is 0 Å². The Bertz CT molecular complexity index is 867. The van der Waals surface area contributed by atoms with Gasteiger partial charge in [0.15, 0.2) is 5.76 Å². The van der Waals surface area contributed by atoms with Crippen LogP contribution in [0.4, 0.5) is 11.5 Å². The van der Waals surface area contributed by atoms with Gasteiger partial charge in [-0.05, 0) is 55.8 Å². The number of hydrogen-bond acceptors (Lipinski definition) is 6. The standard InChI is InChI=1S/C22H32N4O3/c1-14(2)28-20-11-16(29-25-20)13-26-9-7-8-17-18(26)10-15(3)21(23-17)24-19(27)12-22(4,5)6/h10-11,14H,7-9,12-13H2,1-6H3,(H,23,24,27). The third-order valence-corrected chi connectivity index (χ3v) is 4.64. The Balaban J connectivity index is 1.75. The monoisotopic (exact) mass is 400 g/mol. The Morgan fingerprint density at radius 3 is 2.79 bits per heavy atom. The van der Waals surface area contributed by atoms with Gasteiger partial charge in [-0.25, -0.2) is 4.98 Å². The summed E-state index contributed by atoms with van der Waals surface area (Å²) in [6, 6.07) is 3.95. The van der Waals surface area contributed by atoms with Crippen LogP contribution >= 0.6 is 0 Å². The molecule has 0 unspecified atom stereocenters. The Hall–Kier alpha value is -2.57. The Morgan fingerprint density at radius 1 is 1.34 bits per heavy atom. The molecule has 1 aliphatic rings. The second-order valence-electron chi connectivity index (χ2n) is 9.23. The molecule has 0 atom stereocenters. The maximum absolute atomic E-state index is 12.3. The first-order valence-electron chi connectivity index (χ1n) is 10.3. The van der Waals surface area contributed by atoms with Crippen molar-refractivity contribution in [3.63, 3.8) is 0 Å². The molecule has 1 amide bonds. The summed E-state index contributed by atoms with van der Waals surface area (Å²) in [5, 5.41) is 6.97. The lowest BCUT2D eigenvalue weighted by atomic mass is 9.92. The van der Waals surface area contributed by atoms with Crippen LogP contribution in [-0.2, 0) is 17.8 Å². The number of amides is 1. The van der Waals surface area contributed by atoms with Crippen molar-refractivity contribution < 1.29 is 14.1 Å². The third-order valence-electron chi connectivity index (χ3n) is 4.64. The zero-order valence-corrected chi connectivity index (χ0v) is 18.3. The molecule has 1 aliphatic heterocycles. The van der Waals surface area contributed by atoms with Gasteiger partial charge in [-0.3, -0.25) is 4.79 Å². The number of nitrogens with zero attached hydrogens (tertiary/aromatic N) is 3. The van der Waals surface area contributed by atoms with Crippen LogP contribution in [0.3, 0.4) is 0 Å². The predicted octanol–water partition coefficient (Wildman–Crippen LogP) is 4.49. The summed E-state index contributed by atoms with van der Waals surface area (Å²) in [5.74, 6) is 1.93. The van der Waals surface area contributed by atoms with Crippen molar-refractivity contribution in [2.45, 2.75) is 73.5 Å². The van der Waals surface area contributed by atoms with Crippen LogP contribution in [0.25, 0.3) is 0 Å². The fraction of sp³-hybridized carbons (Fsp3) is 0.591. The van der Waals surface area contributed by atoms with Crippen molar-refractivity contribution in [1.82, 2.24) is 10.1 Å². The Kier molecular flexibility index (Phi) is 6.15. The van der Waals surface area contributed by atoms with Crippen LogP contribution in [0, 0.1) is 12.3 Å². The van der Waals surface area contributed by atoms with Crippen LogP contribution in [0.15, 0.2) is 16.7 Å². The summed E-state index contributed by atoms with van der Waals surface area (Å²) in [7, 11) is 0. The molecular formula is C22H32N4O3. The van der Waals surface area contributed by atoms with E-state index in [9.17, 15) is 4.79 Å². The zero-order valence-electron chi connectivity index (χ0n) is 18.3. The molecule has 0 bridgehead atoms. The number of nitrogens with one attached hydrogen (secondary N) is 1. The molecule has 3 heterocycles. The highest BCUT2D eigenvalue weighted by Gasteiger charge is 2.23. The van der Waals surface area contributed by atoms with Gasteiger partial charge in [-0.15, -0.1) is 0 Å². The smallest absolute Gasteiger partial charge is 0.254 e. The molecule has 0 saturated heterocycles. The van der Waals surface area contributed by atoms with Gasteiger partial charge < -0.3 is 19.5 Å². The molecule has 2 aromatic rings. The molecule has 158 valence electrons. The van der Waals surface area contributed by atoms with E-state index in [1.165, 1.54) is 0 Å². The average molecular weight is 401 g/mol. The molecule has 0 aliphatic carbocycles. The summed E-state index contributed by atoms with van der Waals surface area (Å²) in [6.45, 7) is 13.6. The van der Waals surface area contributed by atoms with E-state index in [0.717, 1.165) is 42.1 Å². The van der Waals surface area contributed by atoms with Gasteiger partial charge in [0.25, 0.3) is 5.88 Å². The Labute approximate surface area is 172 Å². The molecule has 0 spiro atoms. The van der Waals surface area contributed by atoms with Gasteiger partial charge in [-0.2, -0.15) is 0 Å². The number of aromatic nitrogens is 2. The first-order valence-corrected chi connectivity index (χ1v) is 10.3. The molecular weight excluding hydrogens is 368 g/mol. The predicted molar refractivity (Wildman–Crippen MR) is 113 cm³/mol. The highest BCUT2D eigenvalue weighted by atomic mass is 16.5. The molecule has 0 fully saturated rings. The summed E-state index contributed by atoms with van der Waals surface area (Å²) in [5.41, 5.74) is 2.99. The molecule has 1 N–H and O–H groups in total. The number of anilines is 2. The van der Waals surface area contributed by atoms with E-state index in [1.807, 2.05) is 26.8 Å². The zero-order chi connectivity index (χ0) is 21.2. The van der Waals surface area contributed by atoms with Crippen LogP contribution in [0.1, 0.15) is 64.5 Å². The number of carbonyl (C=O) groups is 1. The molecule has 7 nitrogen and oxygen atoms in total. The lowest BCUT2D eigenvalue weighted by molar-refractivity contribution is -0.117. The SMILES string of the molecule is Cc1cc2c(nc1NC(=O)CC(C)(C)C)CCCN2Cc1cc(OC(C)C)no1. The second-order valence-corrected chi connectivity index (χ2v) is 9.23.